The van der Waals surface area contributed by atoms with E-state index in [-0.39, 0.29) is 15.3 Å². The smallest absolute Gasteiger partial charge is 0.253 e. The van der Waals surface area contributed by atoms with Gasteiger partial charge in [0.25, 0.3) is 10.0 Å². The maximum absolute atomic E-state index is 12.6. The zero-order valence-corrected chi connectivity index (χ0v) is 17.2. The van der Waals surface area contributed by atoms with Crippen LogP contribution in [0.25, 0.3) is 0 Å². The topological polar surface area (TPSA) is 72.0 Å². The number of halogens is 1. The van der Waals surface area contributed by atoms with E-state index in [1.54, 1.807) is 30.8 Å². The van der Waals surface area contributed by atoms with Gasteiger partial charge in [0, 0.05) is 21.5 Å². The van der Waals surface area contributed by atoms with Gasteiger partial charge in [0.2, 0.25) is 5.13 Å². The first-order valence-corrected chi connectivity index (χ1v) is 11.2. The number of hydrogen-bond donors (Lipinski definition) is 1. The van der Waals surface area contributed by atoms with Crippen molar-refractivity contribution in [1.82, 2.24) is 9.36 Å². The lowest BCUT2D eigenvalue weighted by Gasteiger charge is -2.09. The van der Waals surface area contributed by atoms with Crippen molar-refractivity contribution in [3.05, 3.63) is 64.9 Å². The van der Waals surface area contributed by atoms with Gasteiger partial charge in [-0.1, -0.05) is 35.9 Å². The maximum Gasteiger partial charge on any atom is 0.264 e. The summed E-state index contributed by atoms with van der Waals surface area (Å²) in [6.07, 6.45) is 0. The molecule has 1 atom stereocenters. The van der Waals surface area contributed by atoms with Gasteiger partial charge in [-0.05, 0) is 43.7 Å². The first-order valence-electron chi connectivity index (χ1n) is 7.70. The van der Waals surface area contributed by atoms with Crippen LogP contribution in [0.4, 0.5) is 5.13 Å². The summed E-state index contributed by atoms with van der Waals surface area (Å²) in [6.45, 7) is 3.65. The molecule has 0 spiro atoms. The highest BCUT2D eigenvalue weighted by Crippen LogP contribution is 2.34. The minimum Gasteiger partial charge on any atom is -0.253 e. The van der Waals surface area contributed by atoms with Crippen LogP contribution in [0.15, 0.2) is 58.3 Å². The molecule has 1 aromatic heterocycles. The highest BCUT2D eigenvalue weighted by Gasteiger charge is 2.21. The van der Waals surface area contributed by atoms with E-state index in [0.717, 1.165) is 16.4 Å². The Hall–Kier alpha value is -1.61. The summed E-state index contributed by atoms with van der Waals surface area (Å²) in [7, 11) is -3.77. The first-order chi connectivity index (χ1) is 12.4. The quantitative estimate of drug-likeness (QED) is 0.552. The molecule has 0 bridgehead atoms. The molecule has 0 saturated carbocycles. The third-order valence-corrected chi connectivity index (χ3v) is 7.37. The van der Waals surface area contributed by atoms with E-state index in [9.17, 15) is 8.42 Å². The van der Waals surface area contributed by atoms with Crippen molar-refractivity contribution < 1.29 is 8.42 Å². The molecule has 2 aromatic carbocycles. The maximum atomic E-state index is 12.6. The Balaban J connectivity index is 1.76. The summed E-state index contributed by atoms with van der Waals surface area (Å²) >= 11 is 8.66. The minimum absolute atomic E-state index is 0.000176. The SMILES string of the molecule is Cc1c(Cl)cccc1S(=O)(=O)Nc1nc([C@@H](C)Sc2ccccc2)ns1. The number of aromatic nitrogens is 2. The molecule has 0 aliphatic heterocycles. The lowest BCUT2D eigenvalue weighted by atomic mass is 10.2. The molecule has 0 amide bonds. The monoisotopic (exact) mass is 425 g/mol. The highest BCUT2D eigenvalue weighted by molar-refractivity contribution is 7.99. The van der Waals surface area contributed by atoms with Crippen molar-refractivity contribution >= 4 is 50.1 Å². The van der Waals surface area contributed by atoms with Gasteiger partial charge in [-0.2, -0.15) is 4.37 Å². The number of sulfonamides is 1. The number of hydrogen-bond acceptors (Lipinski definition) is 6. The van der Waals surface area contributed by atoms with Crippen molar-refractivity contribution in [2.24, 2.45) is 0 Å². The molecule has 9 heteroatoms. The predicted octanol–water partition coefficient (Wildman–Crippen LogP) is 5.15. The second-order valence-corrected chi connectivity index (χ2v) is 9.72. The van der Waals surface area contributed by atoms with Gasteiger partial charge in [-0.3, -0.25) is 4.72 Å². The average Bonchev–Trinajstić information content (AvgIpc) is 3.06. The van der Waals surface area contributed by atoms with Gasteiger partial charge in [-0.25, -0.2) is 13.4 Å². The van der Waals surface area contributed by atoms with Crippen LogP contribution in [0.5, 0.6) is 0 Å². The molecule has 1 heterocycles. The summed E-state index contributed by atoms with van der Waals surface area (Å²) in [5.74, 6) is 0.587. The molecule has 5 nitrogen and oxygen atoms in total. The fourth-order valence-corrected chi connectivity index (χ4v) is 5.62. The van der Waals surface area contributed by atoms with Crippen molar-refractivity contribution in [3.8, 4) is 0 Å². The second-order valence-electron chi connectivity index (χ2n) is 5.50. The Morgan fingerprint density at radius 1 is 1.15 bits per heavy atom. The Labute approximate surface area is 166 Å². The molecule has 26 heavy (non-hydrogen) atoms. The van der Waals surface area contributed by atoms with Gasteiger partial charge in [-0.15, -0.1) is 11.8 Å². The predicted molar refractivity (Wildman–Crippen MR) is 108 cm³/mol. The van der Waals surface area contributed by atoms with Crippen LogP contribution >= 0.6 is 34.9 Å². The van der Waals surface area contributed by atoms with Crippen LogP contribution in [0.2, 0.25) is 5.02 Å². The molecule has 0 saturated heterocycles. The third kappa shape index (κ3) is 4.37. The van der Waals surface area contributed by atoms with E-state index in [2.05, 4.69) is 14.1 Å². The number of anilines is 1. The molecular formula is C17H16ClN3O2S3. The van der Waals surface area contributed by atoms with Gasteiger partial charge >= 0.3 is 0 Å². The van der Waals surface area contributed by atoms with Crippen LogP contribution < -0.4 is 4.72 Å². The normalized spacial score (nSPS) is 12.7. The molecular weight excluding hydrogens is 410 g/mol. The summed E-state index contributed by atoms with van der Waals surface area (Å²) in [5.41, 5.74) is 0.499. The van der Waals surface area contributed by atoms with Crippen LogP contribution in [0.1, 0.15) is 23.6 Å². The fourth-order valence-electron chi connectivity index (χ4n) is 2.25. The van der Waals surface area contributed by atoms with Crippen LogP contribution in [-0.2, 0) is 10.0 Å². The molecule has 0 aliphatic rings. The molecule has 0 unspecified atom stereocenters. The Morgan fingerprint density at radius 3 is 2.62 bits per heavy atom. The molecule has 0 radical (unpaired) electrons. The summed E-state index contributed by atoms with van der Waals surface area (Å²) in [5, 5.41) is 0.637. The minimum atomic E-state index is -3.77. The van der Waals surface area contributed by atoms with E-state index in [0.29, 0.717) is 16.4 Å². The zero-order valence-electron chi connectivity index (χ0n) is 14.0. The summed E-state index contributed by atoms with van der Waals surface area (Å²) < 4.78 is 32.0. The van der Waals surface area contributed by atoms with E-state index < -0.39 is 10.0 Å². The summed E-state index contributed by atoms with van der Waals surface area (Å²) in [6, 6.07) is 14.7. The second kappa shape index (κ2) is 7.96. The van der Waals surface area contributed by atoms with Crippen LogP contribution in [0, 0.1) is 6.92 Å². The van der Waals surface area contributed by atoms with Gasteiger partial charge in [0.15, 0.2) is 5.82 Å². The van der Waals surface area contributed by atoms with Crippen molar-refractivity contribution in [1.29, 1.82) is 0 Å². The van der Waals surface area contributed by atoms with Gasteiger partial charge in [0.05, 0.1) is 10.1 Å². The number of thioether (sulfide) groups is 1. The Kier molecular flexibility index (Phi) is 5.86. The van der Waals surface area contributed by atoms with E-state index >= 15 is 0 Å². The van der Waals surface area contributed by atoms with Gasteiger partial charge in [0.1, 0.15) is 0 Å². The molecule has 136 valence electrons. The van der Waals surface area contributed by atoms with Crippen molar-refractivity contribution in [2.45, 2.75) is 28.9 Å². The molecule has 3 aromatic rings. The van der Waals surface area contributed by atoms with Crippen molar-refractivity contribution in [3.63, 3.8) is 0 Å². The van der Waals surface area contributed by atoms with Gasteiger partial charge < -0.3 is 0 Å². The van der Waals surface area contributed by atoms with E-state index in [1.807, 2.05) is 37.3 Å². The standard InChI is InChI=1S/C17H16ClN3O2S3/c1-11-14(18)9-6-10-15(11)26(22,23)21-17-19-16(20-25-17)12(2)24-13-7-4-3-5-8-13/h3-10,12H,1-2H3,(H,19,20,21)/t12-/m1/s1. The summed E-state index contributed by atoms with van der Waals surface area (Å²) in [4.78, 5) is 5.57. The van der Waals surface area contributed by atoms with E-state index in [1.165, 1.54) is 6.07 Å². The zero-order chi connectivity index (χ0) is 18.7. The van der Waals surface area contributed by atoms with Crippen LogP contribution in [0.3, 0.4) is 0 Å². The number of benzene rings is 2. The third-order valence-electron chi connectivity index (χ3n) is 3.59. The fraction of sp³-hybridized carbons (Fsp3) is 0.176. The Morgan fingerprint density at radius 2 is 1.88 bits per heavy atom. The molecule has 1 N–H and O–H groups in total. The molecule has 0 fully saturated rings. The number of nitrogens with one attached hydrogen (secondary N) is 1. The lowest BCUT2D eigenvalue weighted by Crippen LogP contribution is -2.14. The number of rotatable bonds is 6. The number of nitrogens with zero attached hydrogens (tertiary/aromatic N) is 2. The largest absolute Gasteiger partial charge is 0.264 e. The first kappa shape index (κ1) is 19.2. The van der Waals surface area contributed by atoms with Crippen molar-refractivity contribution in [2.75, 3.05) is 4.72 Å². The average molecular weight is 426 g/mol. The lowest BCUT2D eigenvalue weighted by molar-refractivity contribution is 0.600. The molecule has 0 aliphatic carbocycles. The van der Waals surface area contributed by atoms with Crippen LogP contribution in [-0.4, -0.2) is 17.8 Å². The molecule has 3 rings (SSSR count). The van der Waals surface area contributed by atoms with E-state index in [4.69, 9.17) is 11.6 Å². The highest BCUT2D eigenvalue weighted by atomic mass is 35.5. The Bertz CT molecular complexity index is 1010.